The number of carbonyl (C=O) groups is 7. The zero-order chi connectivity index (χ0) is 74.0. The fourth-order valence-electron chi connectivity index (χ4n) is 8.82. The molecule has 10 rings (SSSR count). The fraction of sp³-hybridized carbons (Fsp3) is 0.321. The predicted molar refractivity (Wildman–Crippen MR) is 414 cm³/mol. The number of anilines is 3. The van der Waals surface area contributed by atoms with E-state index < -0.39 is 0 Å². The summed E-state index contributed by atoms with van der Waals surface area (Å²) in [7, 11) is 0. The number of nitrogens with one attached hydrogen (secondary N) is 12. The average molecular weight is 1390 g/mol. The minimum absolute atomic E-state index is 0.0324. The van der Waals surface area contributed by atoms with Gasteiger partial charge in [0.15, 0.2) is 0 Å². The normalized spacial score (nSPS) is 11.1. The number of urea groups is 7. The van der Waals surface area contributed by atoms with Crippen LogP contribution in [-0.4, -0.2) is 103 Å². The van der Waals surface area contributed by atoms with Crippen LogP contribution in [0.5, 0.6) is 0 Å². The van der Waals surface area contributed by atoms with Gasteiger partial charge in [0, 0.05) is 101 Å². The van der Waals surface area contributed by atoms with Gasteiger partial charge < -0.3 is 73.6 Å². The summed E-state index contributed by atoms with van der Waals surface area (Å²) in [5.41, 5.74) is 11.4. The molecule has 0 radical (unpaired) electrons. The second kappa shape index (κ2) is 50.0. The molecule has 0 aliphatic heterocycles. The molecule has 2 aliphatic rings. The van der Waals surface area contributed by atoms with Crippen molar-refractivity contribution in [3.05, 3.63) is 269 Å². The molecule has 544 valence electrons. The van der Waals surface area contributed by atoms with Crippen LogP contribution in [0.4, 0.5) is 50.6 Å². The van der Waals surface area contributed by atoms with Gasteiger partial charge in [-0.2, -0.15) is 0 Å². The van der Waals surface area contributed by atoms with E-state index in [0.29, 0.717) is 57.9 Å². The van der Waals surface area contributed by atoms with Crippen LogP contribution in [0.3, 0.4) is 0 Å². The first kappa shape index (κ1) is 83.1. The van der Waals surface area contributed by atoms with Crippen LogP contribution in [0.15, 0.2) is 224 Å². The highest BCUT2D eigenvalue weighted by Gasteiger charge is 2.27. The number of para-hydroxylation sites is 1. The first-order valence-corrected chi connectivity index (χ1v) is 35.1. The number of benzene rings is 8. The van der Waals surface area contributed by atoms with Crippen molar-refractivity contribution in [2.45, 2.75) is 133 Å². The Hall–Kier alpha value is -11.4. The van der Waals surface area contributed by atoms with Crippen molar-refractivity contribution in [2.75, 3.05) is 55.2 Å². The van der Waals surface area contributed by atoms with Crippen LogP contribution in [0.1, 0.15) is 112 Å². The van der Waals surface area contributed by atoms with Crippen LogP contribution in [0.2, 0.25) is 0 Å². The standard InChI is InChI=1S/C16H18N2O.2C15H16N2O.C14H14N2O.C9H20N2O.C7H12N2O.C5H12N2O/c1-13-7-9-15(10-8-13)12-18-16(19)17-11-14-5-3-2-4-6-14;2*1-12-7-9-14(10-8-12)17-15(18)16-11-13-5-3-2-4-6-13;17-14(16-13-9-5-2-6-10-13)15-11-12-7-3-1-4-8-12;1-5-10(6-2)9(12)11(7-3)8-4;10-7(8-5-1-2-5)9-6-3-4-6;1-3-6-5(8)7-4-2/h2-10H,11-12H2,1H3,(H2,17,18,19);2*2-10H,11H2,1H3,(H2,16,17,18);1-10H,11H2,(H2,15,16,17);5-8H2,1-4H3;5-6H,1-4H2,(H2,8,9,10);3-4H2,1-2H3,(H2,6,7,8). The Morgan fingerprint density at radius 1 is 0.284 bits per heavy atom. The van der Waals surface area contributed by atoms with E-state index in [1.54, 1.807) is 0 Å². The maximum absolute atomic E-state index is 11.6. The second-order valence-electron chi connectivity index (χ2n) is 23.7. The van der Waals surface area contributed by atoms with Gasteiger partial charge in [0.1, 0.15) is 0 Å². The quantitative estimate of drug-likeness (QED) is 0.0330. The van der Waals surface area contributed by atoms with Gasteiger partial charge in [-0.15, -0.1) is 0 Å². The van der Waals surface area contributed by atoms with Gasteiger partial charge in [0.25, 0.3) is 0 Å². The predicted octanol–water partition coefficient (Wildman–Crippen LogP) is 15.4. The largest absolute Gasteiger partial charge is 0.338 e. The molecule has 0 atom stereocenters. The van der Waals surface area contributed by atoms with Crippen molar-refractivity contribution in [1.82, 2.24) is 57.7 Å². The van der Waals surface area contributed by atoms with Crippen LogP contribution < -0.4 is 63.8 Å². The highest BCUT2D eigenvalue weighted by atomic mass is 16.2. The van der Waals surface area contributed by atoms with Crippen LogP contribution in [0, 0.1) is 20.8 Å². The van der Waals surface area contributed by atoms with Gasteiger partial charge >= 0.3 is 42.2 Å². The minimum atomic E-state index is -0.194. The molecule has 0 heterocycles. The molecule has 0 unspecified atom stereocenters. The van der Waals surface area contributed by atoms with E-state index in [1.807, 2.05) is 297 Å². The summed E-state index contributed by atoms with van der Waals surface area (Å²) in [5.74, 6) is 0. The first-order chi connectivity index (χ1) is 49.4. The van der Waals surface area contributed by atoms with Crippen LogP contribution >= 0.6 is 0 Å². The van der Waals surface area contributed by atoms with Gasteiger partial charge in [-0.25, -0.2) is 33.6 Å². The molecule has 0 saturated heterocycles. The Labute approximate surface area is 604 Å². The number of carbonyl (C=O) groups excluding carboxylic acids is 7. The van der Waals surface area contributed by atoms with E-state index in [0.717, 1.165) is 96.7 Å². The van der Waals surface area contributed by atoms with Crippen molar-refractivity contribution in [3.8, 4) is 0 Å². The van der Waals surface area contributed by atoms with E-state index in [4.69, 9.17) is 0 Å². The summed E-state index contributed by atoms with van der Waals surface area (Å²) >= 11 is 0. The molecule has 12 N–H and O–H groups in total. The molecule has 21 heteroatoms. The highest BCUT2D eigenvalue weighted by molar-refractivity contribution is 5.90. The SMILES string of the molecule is CCN(CC)C(=O)N(CC)CC.CCNC(=O)NCC.Cc1ccc(CNC(=O)NCc2ccccc2)cc1.Cc1ccc(NC(=O)NCc2ccccc2)cc1.Cc1ccc(NC(=O)NCc2ccccc2)cc1.O=C(NC1CC1)NC1CC1.O=C(NCc1ccccc1)Nc1ccccc1. The van der Waals surface area contributed by atoms with E-state index in [9.17, 15) is 33.6 Å². The molecule has 21 nitrogen and oxygen atoms in total. The molecular formula is C81H108N14O7. The molecule has 0 aromatic heterocycles. The van der Waals surface area contributed by atoms with E-state index in [-0.39, 0.29) is 42.2 Å². The number of hydrogen-bond acceptors (Lipinski definition) is 7. The van der Waals surface area contributed by atoms with Gasteiger partial charge in [0.05, 0.1) is 0 Å². The fourth-order valence-corrected chi connectivity index (χ4v) is 8.82. The zero-order valence-corrected chi connectivity index (χ0v) is 60.9. The zero-order valence-electron chi connectivity index (χ0n) is 60.9. The van der Waals surface area contributed by atoms with E-state index in [2.05, 4.69) is 63.8 Å². The van der Waals surface area contributed by atoms with Crippen molar-refractivity contribution >= 4 is 59.3 Å². The molecule has 2 aliphatic carbocycles. The van der Waals surface area contributed by atoms with E-state index >= 15 is 0 Å². The summed E-state index contributed by atoms with van der Waals surface area (Å²) in [4.78, 5) is 83.1. The number of nitrogens with zero attached hydrogens (tertiary/aromatic N) is 2. The average Bonchev–Trinajstić information content (AvgIpc) is 1.81. The molecule has 102 heavy (non-hydrogen) atoms. The molecule has 8 aromatic rings. The summed E-state index contributed by atoms with van der Waals surface area (Å²) in [6, 6.07) is 72.5. The third kappa shape index (κ3) is 39.3. The van der Waals surface area contributed by atoms with Crippen molar-refractivity contribution in [3.63, 3.8) is 0 Å². The number of aryl methyl sites for hydroxylation is 3. The Morgan fingerprint density at radius 3 is 0.784 bits per heavy atom. The number of hydrogen-bond donors (Lipinski definition) is 12. The van der Waals surface area contributed by atoms with Crippen molar-refractivity contribution in [2.24, 2.45) is 0 Å². The molecule has 0 bridgehead atoms. The monoisotopic (exact) mass is 1390 g/mol. The Balaban J connectivity index is 0.000000256. The minimum Gasteiger partial charge on any atom is -0.338 e. The van der Waals surface area contributed by atoms with Gasteiger partial charge in [-0.05, 0) is 152 Å². The number of amides is 14. The maximum atomic E-state index is 11.6. The lowest BCUT2D eigenvalue weighted by atomic mass is 10.1. The smallest absolute Gasteiger partial charge is 0.319 e. The molecule has 2 saturated carbocycles. The summed E-state index contributed by atoms with van der Waals surface area (Å²) < 4.78 is 0. The molecule has 0 spiro atoms. The van der Waals surface area contributed by atoms with Crippen LogP contribution in [-0.2, 0) is 32.7 Å². The van der Waals surface area contributed by atoms with Crippen LogP contribution in [0.25, 0.3) is 0 Å². The Bertz CT molecular complexity index is 3470. The Kier molecular flexibility index (Phi) is 40.8. The molecule has 2 fully saturated rings. The maximum Gasteiger partial charge on any atom is 0.319 e. The summed E-state index contributed by atoms with van der Waals surface area (Å²) in [6.45, 7) is 25.1. The van der Waals surface area contributed by atoms with Crippen molar-refractivity contribution in [1.29, 1.82) is 0 Å². The molecule has 14 amide bonds. The second-order valence-corrected chi connectivity index (χ2v) is 23.7. The lowest BCUT2D eigenvalue weighted by Gasteiger charge is -2.27. The lowest BCUT2D eigenvalue weighted by Crippen LogP contribution is -2.42. The van der Waals surface area contributed by atoms with Gasteiger partial charge in [-0.3, -0.25) is 0 Å². The lowest BCUT2D eigenvalue weighted by molar-refractivity contribution is 0.162. The van der Waals surface area contributed by atoms with Gasteiger partial charge in [0.2, 0.25) is 0 Å². The van der Waals surface area contributed by atoms with E-state index in [1.165, 1.54) is 16.7 Å². The number of rotatable bonds is 21. The van der Waals surface area contributed by atoms with Gasteiger partial charge in [-0.1, -0.05) is 205 Å². The Morgan fingerprint density at radius 2 is 0.520 bits per heavy atom. The molecule has 8 aromatic carbocycles. The molecular weight excluding hydrogens is 1280 g/mol. The topological polar surface area (TPSA) is 270 Å². The van der Waals surface area contributed by atoms with Crippen molar-refractivity contribution < 1.29 is 33.6 Å². The summed E-state index contributed by atoms with van der Waals surface area (Å²) in [6.07, 6.45) is 4.66. The third-order valence-corrected chi connectivity index (χ3v) is 15.0. The first-order valence-electron chi connectivity index (χ1n) is 35.1. The summed E-state index contributed by atoms with van der Waals surface area (Å²) in [5, 5.41) is 33.4. The third-order valence-electron chi connectivity index (χ3n) is 15.0. The highest BCUT2D eigenvalue weighted by Crippen LogP contribution is 2.21.